The van der Waals surface area contributed by atoms with Crippen molar-refractivity contribution < 1.29 is 13.9 Å². The average Bonchev–Trinajstić information content (AvgIpc) is 2.11. The van der Waals surface area contributed by atoms with Crippen LogP contribution < -0.4 is 0 Å². The molecule has 0 aliphatic rings. The minimum atomic E-state index is -1.13. The molecule has 0 spiro atoms. The number of benzene rings is 1. The second-order valence-electron chi connectivity index (χ2n) is 3.52. The molecule has 0 saturated heterocycles. The summed E-state index contributed by atoms with van der Waals surface area (Å²) in [7, 11) is 0. The number of rotatable bonds is 1. The van der Waals surface area contributed by atoms with Crippen LogP contribution in [0.2, 0.25) is 0 Å². The van der Waals surface area contributed by atoms with Gasteiger partial charge in [-0.15, -0.1) is 0 Å². The highest BCUT2D eigenvalue weighted by molar-refractivity contribution is 5.42. The van der Waals surface area contributed by atoms with Gasteiger partial charge in [0.15, 0.2) is 11.6 Å². The Balaban J connectivity index is 3.38. The Morgan fingerprint density at radius 2 is 1.79 bits per heavy atom. The molecular weight excluding hydrogens is 188 g/mol. The first kappa shape index (κ1) is 10.5. The number of nitrogens with zero attached hydrogens (tertiary/aromatic N) is 1. The van der Waals surface area contributed by atoms with E-state index < -0.39 is 22.8 Å². The second-order valence-corrected chi connectivity index (χ2v) is 3.52. The summed E-state index contributed by atoms with van der Waals surface area (Å²) in [6, 6.07) is 3.41. The van der Waals surface area contributed by atoms with Gasteiger partial charge in [-0.2, -0.15) is 5.26 Å². The van der Waals surface area contributed by atoms with E-state index in [0.717, 1.165) is 6.07 Å². The van der Waals surface area contributed by atoms with Crippen LogP contribution in [0.4, 0.5) is 8.78 Å². The van der Waals surface area contributed by atoms with Gasteiger partial charge in [0.1, 0.15) is 5.75 Å². The van der Waals surface area contributed by atoms with Gasteiger partial charge in [-0.3, -0.25) is 0 Å². The standard InChI is InChI=1S/C10H9F2NO/c1-10(2,5-13)6-3-7(11)8(12)4-9(6)14/h3-4,14H,1-2H3. The van der Waals surface area contributed by atoms with Crippen molar-refractivity contribution in [2.75, 3.05) is 0 Å². The Morgan fingerprint density at radius 3 is 2.29 bits per heavy atom. The molecule has 0 saturated carbocycles. The SMILES string of the molecule is CC(C)(C#N)c1cc(F)c(F)cc1O. The minimum absolute atomic E-state index is 0.0823. The van der Waals surface area contributed by atoms with Crippen LogP contribution in [0, 0.1) is 23.0 Å². The first-order valence-corrected chi connectivity index (χ1v) is 3.98. The zero-order valence-corrected chi connectivity index (χ0v) is 7.81. The Hall–Kier alpha value is -1.63. The van der Waals surface area contributed by atoms with Crippen LogP contribution in [0.3, 0.4) is 0 Å². The predicted octanol–water partition coefficient (Wildman–Crippen LogP) is 2.47. The third kappa shape index (κ3) is 1.67. The van der Waals surface area contributed by atoms with Crippen molar-refractivity contribution in [2.45, 2.75) is 19.3 Å². The van der Waals surface area contributed by atoms with E-state index in [1.54, 1.807) is 0 Å². The summed E-state index contributed by atoms with van der Waals surface area (Å²) in [4.78, 5) is 0. The van der Waals surface area contributed by atoms with Crippen molar-refractivity contribution in [3.8, 4) is 11.8 Å². The number of hydrogen-bond acceptors (Lipinski definition) is 2. The first-order valence-electron chi connectivity index (χ1n) is 3.98. The maximum absolute atomic E-state index is 12.8. The molecule has 0 aliphatic heterocycles. The summed E-state index contributed by atoms with van der Waals surface area (Å²) in [6.07, 6.45) is 0. The van der Waals surface area contributed by atoms with Gasteiger partial charge in [-0.25, -0.2) is 8.78 Å². The maximum Gasteiger partial charge on any atom is 0.162 e. The molecule has 0 heterocycles. The smallest absolute Gasteiger partial charge is 0.162 e. The lowest BCUT2D eigenvalue weighted by Gasteiger charge is -2.17. The molecule has 1 N–H and O–H groups in total. The molecule has 0 aliphatic carbocycles. The molecule has 0 atom stereocenters. The van der Waals surface area contributed by atoms with Gasteiger partial charge in [0.05, 0.1) is 11.5 Å². The molecule has 2 nitrogen and oxygen atoms in total. The van der Waals surface area contributed by atoms with Crippen molar-refractivity contribution in [1.82, 2.24) is 0 Å². The van der Waals surface area contributed by atoms with Crippen LogP contribution >= 0.6 is 0 Å². The molecule has 0 amide bonds. The molecule has 74 valence electrons. The lowest BCUT2D eigenvalue weighted by molar-refractivity contribution is 0.436. The first-order chi connectivity index (χ1) is 6.38. The van der Waals surface area contributed by atoms with Gasteiger partial charge in [0.25, 0.3) is 0 Å². The fourth-order valence-electron chi connectivity index (χ4n) is 1.10. The molecule has 14 heavy (non-hydrogen) atoms. The zero-order chi connectivity index (χ0) is 10.9. The van der Waals surface area contributed by atoms with Crippen molar-refractivity contribution in [3.63, 3.8) is 0 Å². The number of nitriles is 1. The van der Waals surface area contributed by atoms with Gasteiger partial charge in [0.2, 0.25) is 0 Å². The quantitative estimate of drug-likeness (QED) is 0.751. The average molecular weight is 197 g/mol. The topological polar surface area (TPSA) is 44.0 Å². The van der Waals surface area contributed by atoms with E-state index in [9.17, 15) is 13.9 Å². The summed E-state index contributed by atoms with van der Waals surface area (Å²) in [6.45, 7) is 3.03. The summed E-state index contributed by atoms with van der Waals surface area (Å²) in [5.74, 6) is -2.60. The number of halogens is 2. The van der Waals surface area contributed by atoms with Gasteiger partial charge >= 0.3 is 0 Å². The normalized spacial score (nSPS) is 11.1. The number of aromatic hydroxyl groups is 1. The molecule has 0 unspecified atom stereocenters. The van der Waals surface area contributed by atoms with Crippen LogP contribution in [0.25, 0.3) is 0 Å². The van der Waals surface area contributed by atoms with Gasteiger partial charge < -0.3 is 5.11 Å². The van der Waals surface area contributed by atoms with Crippen molar-refractivity contribution in [1.29, 1.82) is 5.26 Å². The van der Waals surface area contributed by atoms with Crippen molar-refractivity contribution in [2.24, 2.45) is 0 Å². The number of phenolic OH excluding ortho intramolecular Hbond substituents is 1. The molecule has 1 aromatic carbocycles. The number of hydrogen-bond donors (Lipinski definition) is 1. The maximum atomic E-state index is 12.8. The predicted molar refractivity (Wildman–Crippen MR) is 46.7 cm³/mol. The van der Waals surface area contributed by atoms with E-state index in [1.165, 1.54) is 13.8 Å². The van der Waals surface area contributed by atoms with Crippen LogP contribution in [-0.4, -0.2) is 5.11 Å². The largest absolute Gasteiger partial charge is 0.508 e. The molecule has 4 heteroatoms. The Bertz CT molecular complexity index is 407. The summed E-state index contributed by atoms with van der Waals surface area (Å²) in [5.41, 5.74) is -0.961. The van der Waals surface area contributed by atoms with E-state index in [0.29, 0.717) is 6.07 Å². The zero-order valence-electron chi connectivity index (χ0n) is 7.81. The molecule has 1 aromatic rings. The third-order valence-electron chi connectivity index (χ3n) is 1.99. The fraction of sp³-hybridized carbons (Fsp3) is 0.300. The molecular formula is C10H9F2NO. The fourth-order valence-corrected chi connectivity index (χ4v) is 1.10. The van der Waals surface area contributed by atoms with Crippen LogP contribution in [0.15, 0.2) is 12.1 Å². The lowest BCUT2D eigenvalue weighted by Crippen LogP contribution is -2.14. The molecule has 0 fully saturated rings. The van der Waals surface area contributed by atoms with Gasteiger partial charge in [-0.1, -0.05) is 0 Å². The highest BCUT2D eigenvalue weighted by Gasteiger charge is 2.25. The monoisotopic (exact) mass is 197 g/mol. The van der Waals surface area contributed by atoms with Gasteiger partial charge in [0, 0.05) is 11.6 Å². The van der Waals surface area contributed by atoms with E-state index >= 15 is 0 Å². The summed E-state index contributed by atoms with van der Waals surface area (Å²) < 4.78 is 25.5. The Kier molecular flexibility index (Phi) is 2.43. The van der Waals surface area contributed by atoms with Crippen LogP contribution in [0.5, 0.6) is 5.75 Å². The summed E-state index contributed by atoms with van der Waals surface area (Å²) in [5, 5.41) is 18.1. The van der Waals surface area contributed by atoms with E-state index in [-0.39, 0.29) is 5.56 Å². The highest BCUT2D eigenvalue weighted by atomic mass is 19.2. The second kappa shape index (κ2) is 3.26. The number of phenols is 1. The van der Waals surface area contributed by atoms with Crippen molar-refractivity contribution >= 4 is 0 Å². The molecule has 0 radical (unpaired) electrons. The Morgan fingerprint density at radius 1 is 1.29 bits per heavy atom. The van der Waals surface area contributed by atoms with E-state index in [4.69, 9.17) is 5.26 Å². The summed E-state index contributed by atoms with van der Waals surface area (Å²) >= 11 is 0. The van der Waals surface area contributed by atoms with Crippen LogP contribution in [0.1, 0.15) is 19.4 Å². The van der Waals surface area contributed by atoms with Crippen molar-refractivity contribution in [3.05, 3.63) is 29.3 Å². The van der Waals surface area contributed by atoms with E-state index in [2.05, 4.69) is 0 Å². The van der Waals surface area contributed by atoms with E-state index in [1.807, 2.05) is 6.07 Å². The third-order valence-corrected chi connectivity index (χ3v) is 1.99. The van der Waals surface area contributed by atoms with Crippen LogP contribution in [-0.2, 0) is 5.41 Å². The minimum Gasteiger partial charge on any atom is -0.508 e. The molecule has 0 bridgehead atoms. The Labute approximate surface area is 80.4 Å². The highest BCUT2D eigenvalue weighted by Crippen LogP contribution is 2.31. The lowest BCUT2D eigenvalue weighted by atomic mass is 9.85. The molecule has 0 aromatic heterocycles. The molecule has 1 rings (SSSR count). The van der Waals surface area contributed by atoms with Gasteiger partial charge in [-0.05, 0) is 19.9 Å².